The van der Waals surface area contributed by atoms with Gasteiger partial charge in [-0.3, -0.25) is 4.79 Å². The molecule has 0 saturated heterocycles. The maximum atomic E-state index is 11.2. The van der Waals surface area contributed by atoms with Crippen LogP contribution in [0.15, 0.2) is 24.3 Å². The van der Waals surface area contributed by atoms with Crippen molar-refractivity contribution in [2.45, 2.75) is 26.3 Å². The fourth-order valence-corrected chi connectivity index (χ4v) is 1.51. The van der Waals surface area contributed by atoms with Gasteiger partial charge in [-0.15, -0.1) is 0 Å². The van der Waals surface area contributed by atoms with Crippen LogP contribution in [-0.2, 0) is 19.1 Å². The van der Waals surface area contributed by atoms with E-state index in [1.807, 2.05) is 31.2 Å². The molecule has 1 rings (SSSR count). The lowest BCUT2D eigenvalue weighted by Crippen LogP contribution is -2.18. The Balaban J connectivity index is 0.000000567. The summed E-state index contributed by atoms with van der Waals surface area (Å²) in [6.07, 6.45) is 0.235. The number of carboxylic acid groups (broad SMARTS) is 2. The molecule has 0 radical (unpaired) electrons. The van der Waals surface area contributed by atoms with Crippen LogP contribution in [0.25, 0.3) is 0 Å². The van der Waals surface area contributed by atoms with Crippen molar-refractivity contribution < 1.29 is 29.3 Å². The third-order valence-electron chi connectivity index (χ3n) is 2.46. The molecule has 4 N–H and O–H groups in total. The molecule has 0 aliphatic heterocycles. The summed E-state index contributed by atoms with van der Waals surface area (Å²) in [4.78, 5) is 29.4. The third-order valence-corrected chi connectivity index (χ3v) is 2.46. The van der Waals surface area contributed by atoms with E-state index in [9.17, 15) is 4.79 Å². The first-order chi connectivity index (χ1) is 9.79. The Kier molecular flexibility index (Phi) is 8.40. The summed E-state index contributed by atoms with van der Waals surface area (Å²) in [6.45, 7) is 4.18. The zero-order valence-electron chi connectivity index (χ0n) is 11.9. The van der Waals surface area contributed by atoms with Crippen molar-refractivity contribution in [3.63, 3.8) is 0 Å². The molecule has 0 bridgehead atoms. The van der Waals surface area contributed by atoms with E-state index in [-0.39, 0.29) is 18.4 Å². The van der Waals surface area contributed by atoms with E-state index in [0.29, 0.717) is 6.61 Å². The van der Waals surface area contributed by atoms with Crippen LogP contribution in [0, 0.1) is 6.92 Å². The van der Waals surface area contributed by atoms with Gasteiger partial charge in [0.15, 0.2) is 0 Å². The molecule has 1 unspecified atom stereocenters. The quantitative estimate of drug-likeness (QED) is 0.561. The number of hydrogen-bond acceptors (Lipinski definition) is 5. The number of aryl methyl sites for hydroxylation is 1. The number of esters is 1. The predicted molar refractivity (Wildman–Crippen MR) is 74.6 cm³/mol. The van der Waals surface area contributed by atoms with Gasteiger partial charge in [-0.1, -0.05) is 24.3 Å². The monoisotopic (exact) mass is 297 g/mol. The first-order valence-electron chi connectivity index (χ1n) is 6.22. The van der Waals surface area contributed by atoms with Crippen LogP contribution in [0.2, 0.25) is 0 Å². The zero-order valence-corrected chi connectivity index (χ0v) is 11.9. The van der Waals surface area contributed by atoms with Gasteiger partial charge in [0.25, 0.3) is 0 Å². The van der Waals surface area contributed by atoms with Crippen LogP contribution in [0.5, 0.6) is 0 Å². The van der Waals surface area contributed by atoms with E-state index in [4.69, 9.17) is 30.3 Å². The smallest absolute Gasteiger partial charge is 0.414 e. The summed E-state index contributed by atoms with van der Waals surface area (Å²) in [5.41, 5.74) is 8.04. The normalized spacial score (nSPS) is 10.8. The maximum absolute atomic E-state index is 11.2. The number of aliphatic carboxylic acids is 2. The Bertz CT molecular complexity index is 488. The van der Waals surface area contributed by atoms with Crippen LogP contribution >= 0.6 is 0 Å². The van der Waals surface area contributed by atoms with Gasteiger partial charge in [0.2, 0.25) is 0 Å². The minimum absolute atomic E-state index is 0.235. The highest BCUT2D eigenvalue weighted by molar-refractivity contribution is 6.27. The minimum atomic E-state index is -1.82. The molecular weight excluding hydrogens is 278 g/mol. The zero-order chi connectivity index (χ0) is 16.4. The highest BCUT2D eigenvalue weighted by Crippen LogP contribution is 2.18. The van der Waals surface area contributed by atoms with Gasteiger partial charge in [-0.2, -0.15) is 0 Å². The highest BCUT2D eigenvalue weighted by Gasteiger charge is 2.13. The molecule has 0 spiro atoms. The minimum Gasteiger partial charge on any atom is -0.473 e. The molecule has 1 aromatic carbocycles. The number of carbonyl (C=O) groups is 3. The lowest BCUT2D eigenvalue weighted by molar-refractivity contribution is -0.159. The Hall–Kier alpha value is -2.41. The molecule has 0 fully saturated rings. The van der Waals surface area contributed by atoms with Crippen LogP contribution in [-0.4, -0.2) is 34.7 Å². The van der Waals surface area contributed by atoms with E-state index >= 15 is 0 Å². The molecule has 7 nitrogen and oxygen atoms in total. The average Bonchev–Trinajstić information content (AvgIpc) is 2.39. The highest BCUT2D eigenvalue weighted by atomic mass is 16.5. The molecule has 0 amide bonds. The SMILES string of the molecule is CCOC(=O)CC(N)c1ccccc1C.O=C(O)C(=O)O. The van der Waals surface area contributed by atoms with Crippen molar-refractivity contribution >= 4 is 17.9 Å². The lowest BCUT2D eigenvalue weighted by atomic mass is 10.00. The second kappa shape index (κ2) is 9.49. The molecule has 7 heteroatoms. The van der Waals surface area contributed by atoms with E-state index in [1.165, 1.54) is 0 Å². The Morgan fingerprint density at radius 2 is 1.71 bits per heavy atom. The summed E-state index contributed by atoms with van der Waals surface area (Å²) in [5.74, 6) is -3.89. The Morgan fingerprint density at radius 3 is 2.14 bits per heavy atom. The molecule has 0 aliphatic rings. The van der Waals surface area contributed by atoms with Crippen molar-refractivity contribution in [2.24, 2.45) is 5.73 Å². The van der Waals surface area contributed by atoms with Crippen LogP contribution < -0.4 is 5.73 Å². The number of rotatable bonds is 4. The van der Waals surface area contributed by atoms with Gasteiger partial charge >= 0.3 is 17.9 Å². The third kappa shape index (κ3) is 7.68. The number of benzene rings is 1. The van der Waals surface area contributed by atoms with Crippen molar-refractivity contribution in [3.8, 4) is 0 Å². The number of hydrogen-bond donors (Lipinski definition) is 3. The van der Waals surface area contributed by atoms with Gasteiger partial charge in [0.1, 0.15) is 0 Å². The second-order valence-corrected chi connectivity index (χ2v) is 4.08. The number of ether oxygens (including phenoxy) is 1. The standard InChI is InChI=1S/C12H17NO2.C2H2O4/c1-3-15-12(14)8-11(13)10-7-5-4-6-9(10)2;3-1(4)2(5)6/h4-7,11H,3,8,13H2,1-2H3;(H,3,4)(H,5,6). The molecule has 116 valence electrons. The number of carboxylic acids is 2. The molecule has 0 saturated carbocycles. The lowest BCUT2D eigenvalue weighted by Gasteiger charge is -2.13. The van der Waals surface area contributed by atoms with Crippen molar-refractivity contribution in [1.82, 2.24) is 0 Å². The Labute approximate surface area is 122 Å². The largest absolute Gasteiger partial charge is 0.473 e. The van der Waals surface area contributed by atoms with Crippen molar-refractivity contribution in [3.05, 3.63) is 35.4 Å². The first-order valence-corrected chi connectivity index (χ1v) is 6.22. The fraction of sp³-hybridized carbons (Fsp3) is 0.357. The topological polar surface area (TPSA) is 127 Å². The van der Waals surface area contributed by atoms with Crippen LogP contribution in [0.4, 0.5) is 0 Å². The summed E-state index contributed by atoms with van der Waals surface area (Å²) >= 11 is 0. The maximum Gasteiger partial charge on any atom is 0.414 e. The number of carbonyl (C=O) groups excluding carboxylic acids is 1. The summed E-state index contributed by atoms with van der Waals surface area (Å²) < 4.78 is 4.85. The summed E-state index contributed by atoms with van der Waals surface area (Å²) in [5, 5.41) is 14.8. The van der Waals surface area contributed by atoms with Gasteiger partial charge < -0.3 is 20.7 Å². The molecule has 0 heterocycles. The van der Waals surface area contributed by atoms with E-state index in [2.05, 4.69) is 0 Å². The van der Waals surface area contributed by atoms with Crippen molar-refractivity contribution in [2.75, 3.05) is 6.61 Å². The van der Waals surface area contributed by atoms with Crippen molar-refractivity contribution in [1.29, 1.82) is 0 Å². The van der Waals surface area contributed by atoms with Crippen LogP contribution in [0.1, 0.15) is 30.5 Å². The van der Waals surface area contributed by atoms with Gasteiger partial charge in [0.05, 0.1) is 13.0 Å². The first kappa shape index (κ1) is 18.6. The summed E-state index contributed by atoms with van der Waals surface area (Å²) in [7, 11) is 0. The molecular formula is C14H19NO6. The van der Waals surface area contributed by atoms with E-state index in [1.54, 1.807) is 6.92 Å². The number of nitrogens with two attached hydrogens (primary N) is 1. The van der Waals surface area contributed by atoms with Gasteiger partial charge in [-0.05, 0) is 25.0 Å². The molecule has 0 aliphatic carbocycles. The van der Waals surface area contributed by atoms with E-state index < -0.39 is 11.9 Å². The second-order valence-electron chi connectivity index (χ2n) is 4.08. The molecule has 21 heavy (non-hydrogen) atoms. The van der Waals surface area contributed by atoms with Crippen LogP contribution in [0.3, 0.4) is 0 Å². The van der Waals surface area contributed by atoms with E-state index in [0.717, 1.165) is 11.1 Å². The molecule has 1 atom stereocenters. The fourth-order valence-electron chi connectivity index (χ4n) is 1.51. The predicted octanol–water partition coefficient (Wildman–Crippen LogP) is 1.10. The Morgan fingerprint density at radius 1 is 1.19 bits per heavy atom. The average molecular weight is 297 g/mol. The molecule has 0 aromatic heterocycles. The molecule has 1 aromatic rings. The van der Waals surface area contributed by atoms with Gasteiger partial charge in [0, 0.05) is 6.04 Å². The summed E-state index contributed by atoms with van der Waals surface area (Å²) in [6, 6.07) is 7.54. The van der Waals surface area contributed by atoms with Gasteiger partial charge in [-0.25, -0.2) is 9.59 Å².